The largest absolute Gasteiger partial charge is 0.409 e. The number of carbonyl (C=O) groups excluding carboxylic acids is 1. The van der Waals surface area contributed by atoms with E-state index in [1.54, 1.807) is 6.07 Å². The van der Waals surface area contributed by atoms with Crippen molar-refractivity contribution in [2.75, 3.05) is 6.54 Å². The average Bonchev–Trinajstić information content (AvgIpc) is 2.84. The van der Waals surface area contributed by atoms with Gasteiger partial charge < -0.3 is 0 Å². The predicted molar refractivity (Wildman–Crippen MR) is 72.2 cm³/mol. The van der Waals surface area contributed by atoms with Crippen LogP contribution in [0.25, 0.3) is 10.8 Å². The van der Waals surface area contributed by atoms with Gasteiger partial charge in [0.2, 0.25) is 5.91 Å². The molecule has 1 fully saturated rings. The maximum atomic E-state index is 13.8. The lowest BCUT2D eigenvalue weighted by molar-refractivity contribution is -0.191. The van der Waals surface area contributed by atoms with Gasteiger partial charge in [0.15, 0.2) is 0 Å². The van der Waals surface area contributed by atoms with E-state index in [0.29, 0.717) is 5.39 Å². The van der Waals surface area contributed by atoms with Crippen molar-refractivity contribution in [3.05, 3.63) is 47.8 Å². The molecule has 1 atom stereocenters. The third-order valence-electron chi connectivity index (χ3n) is 3.64. The molecule has 0 radical (unpaired) electrons. The molecule has 0 aromatic heterocycles. The predicted octanol–water partition coefficient (Wildman–Crippen LogP) is 3.32. The zero-order valence-corrected chi connectivity index (χ0v) is 11.3. The van der Waals surface area contributed by atoms with Gasteiger partial charge in [0, 0.05) is 18.4 Å². The summed E-state index contributed by atoms with van der Waals surface area (Å²) in [6.07, 6.45) is -4.58. The Bertz CT molecular complexity index is 729. The van der Waals surface area contributed by atoms with Crippen LogP contribution in [-0.2, 0) is 4.79 Å². The molecule has 1 amide bonds. The number of benzene rings is 2. The number of hydrazine groups is 1. The Morgan fingerprint density at radius 1 is 1.18 bits per heavy atom. The average molecular weight is 312 g/mol. The zero-order valence-electron chi connectivity index (χ0n) is 11.3. The number of carbonyl (C=O) groups is 1. The molecule has 2 aromatic rings. The van der Waals surface area contributed by atoms with E-state index >= 15 is 0 Å². The van der Waals surface area contributed by atoms with E-state index in [4.69, 9.17) is 0 Å². The lowest BCUT2D eigenvalue weighted by Gasteiger charge is -2.29. The molecule has 22 heavy (non-hydrogen) atoms. The second kappa shape index (κ2) is 5.24. The van der Waals surface area contributed by atoms with Crippen LogP contribution < -0.4 is 5.43 Å². The Morgan fingerprint density at radius 3 is 2.59 bits per heavy atom. The standard InChI is InChI=1S/C15H12F4N2O/c16-12-3-1-2-9-4-5-10(8-11(9)12)14(15(17,18)19)21-7-6-13(22)20-21/h1-5,8,14H,6-7H2,(H,20,22)/t14-/m0/s1. The van der Waals surface area contributed by atoms with E-state index in [2.05, 4.69) is 5.43 Å². The highest BCUT2D eigenvalue weighted by Crippen LogP contribution is 2.39. The fraction of sp³-hybridized carbons (Fsp3) is 0.267. The van der Waals surface area contributed by atoms with Crippen molar-refractivity contribution in [1.29, 1.82) is 0 Å². The molecule has 1 aliphatic rings. The summed E-state index contributed by atoms with van der Waals surface area (Å²) in [5, 5.41) is 1.50. The van der Waals surface area contributed by atoms with Crippen LogP contribution in [0.4, 0.5) is 17.6 Å². The van der Waals surface area contributed by atoms with E-state index in [9.17, 15) is 22.4 Å². The van der Waals surface area contributed by atoms with Gasteiger partial charge in [0.1, 0.15) is 11.9 Å². The second-order valence-corrected chi connectivity index (χ2v) is 5.14. The van der Waals surface area contributed by atoms with Gasteiger partial charge in [-0.1, -0.05) is 24.3 Å². The van der Waals surface area contributed by atoms with Crippen LogP contribution in [0.5, 0.6) is 0 Å². The summed E-state index contributed by atoms with van der Waals surface area (Å²) < 4.78 is 54.0. The molecule has 0 bridgehead atoms. The molecule has 1 saturated heterocycles. The minimum atomic E-state index is -4.59. The number of hydrogen-bond acceptors (Lipinski definition) is 2. The fourth-order valence-corrected chi connectivity index (χ4v) is 2.66. The van der Waals surface area contributed by atoms with Crippen molar-refractivity contribution < 1.29 is 22.4 Å². The second-order valence-electron chi connectivity index (χ2n) is 5.14. The number of fused-ring (bicyclic) bond motifs is 1. The van der Waals surface area contributed by atoms with Gasteiger partial charge in [-0.25, -0.2) is 9.40 Å². The van der Waals surface area contributed by atoms with Crippen LogP contribution in [0.2, 0.25) is 0 Å². The lowest BCUT2D eigenvalue weighted by Crippen LogP contribution is -2.43. The summed E-state index contributed by atoms with van der Waals surface area (Å²) in [7, 11) is 0. The molecule has 3 rings (SSSR count). The Morgan fingerprint density at radius 2 is 1.95 bits per heavy atom. The fourth-order valence-electron chi connectivity index (χ4n) is 2.66. The summed E-state index contributed by atoms with van der Waals surface area (Å²) >= 11 is 0. The maximum Gasteiger partial charge on any atom is 0.409 e. The van der Waals surface area contributed by atoms with Crippen molar-refractivity contribution in [3.63, 3.8) is 0 Å². The topological polar surface area (TPSA) is 32.3 Å². The van der Waals surface area contributed by atoms with Crippen LogP contribution in [0.3, 0.4) is 0 Å². The first kappa shape index (κ1) is 14.8. The molecule has 1 heterocycles. The van der Waals surface area contributed by atoms with Gasteiger partial charge in [-0.15, -0.1) is 0 Å². The number of hydrogen-bond donors (Lipinski definition) is 1. The molecule has 3 nitrogen and oxygen atoms in total. The summed E-state index contributed by atoms with van der Waals surface area (Å²) in [5.41, 5.74) is 2.10. The van der Waals surface area contributed by atoms with Gasteiger partial charge in [0.05, 0.1) is 0 Å². The molecule has 0 spiro atoms. The number of halogens is 4. The molecule has 1 aliphatic heterocycles. The molecule has 7 heteroatoms. The van der Waals surface area contributed by atoms with E-state index in [-0.39, 0.29) is 23.9 Å². The smallest absolute Gasteiger partial charge is 0.288 e. The summed E-state index contributed by atoms with van der Waals surface area (Å²) in [6, 6.07) is 6.28. The highest BCUT2D eigenvalue weighted by Gasteiger charge is 2.46. The van der Waals surface area contributed by atoms with Crippen molar-refractivity contribution in [2.24, 2.45) is 0 Å². The van der Waals surface area contributed by atoms with Crippen LogP contribution >= 0.6 is 0 Å². The van der Waals surface area contributed by atoms with Crippen LogP contribution in [0.1, 0.15) is 18.0 Å². The molecule has 116 valence electrons. The monoisotopic (exact) mass is 312 g/mol. The van der Waals surface area contributed by atoms with Crippen LogP contribution in [0, 0.1) is 5.82 Å². The number of nitrogens with one attached hydrogen (secondary N) is 1. The van der Waals surface area contributed by atoms with Crippen LogP contribution in [0.15, 0.2) is 36.4 Å². The zero-order chi connectivity index (χ0) is 15.9. The van der Waals surface area contributed by atoms with Gasteiger partial charge in [-0.3, -0.25) is 10.2 Å². The van der Waals surface area contributed by atoms with Gasteiger partial charge in [-0.2, -0.15) is 13.2 Å². The minimum Gasteiger partial charge on any atom is -0.288 e. The molecule has 2 aromatic carbocycles. The Balaban J connectivity index is 2.08. The number of alkyl halides is 3. The molecule has 0 unspecified atom stereocenters. The quantitative estimate of drug-likeness (QED) is 0.863. The SMILES string of the molecule is O=C1CCN([C@@H](c2ccc3cccc(F)c3c2)C(F)(F)F)N1. The van der Waals surface area contributed by atoms with E-state index < -0.39 is 23.9 Å². The molecule has 0 saturated carbocycles. The first-order chi connectivity index (χ1) is 10.4. The first-order valence-corrected chi connectivity index (χ1v) is 6.67. The third kappa shape index (κ3) is 2.64. The van der Waals surface area contributed by atoms with Gasteiger partial charge in [-0.05, 0) is 23.1 Å². The maximum absolute atomic E-state index is 13.8. The third-order valence-corrected chi connectivity index (χ3v) is 3.64. The van der Waals surface area contributed by atoms with Gasteiger partial charge in [0.25, 0.3) is 0 Å². The first-order valence-electron chi connectivity index (χ1n) is 6.67. The summed E-state index contributed by atoms with van der Waals surface area (Å²) in [5.74, 6) is -1.04. The molecule has 1 N–H and O–H groups in total. The van der Waals surface area contributed by atoms with Gasteiger partial charge >= 0.3 is 6.18 Å². The molecule has 0 aliphatic carbocycles. The number of rotatable bonds is 2. The number of nitrogens with zero attached hydrogens (tertiary/aromatic N) is 1. The summed E-state index contributed by atoms with van der Waals surface area (Å²) in [6.45, 7) is -0.0433. The van der Waals surface area contributed by atoms with Crippen molar-refractivity contribution >= 4 is 16.7 Å². The lowest BCUT2D eigenvalue weighted by atomic mass is 10.0. The number of amides is 1. The van der Waals surface area contributed by atoms with Crippen molar-refractivity contribution in [2.45, 2.75) is 18.6 Å². The van der Waals surface area contributed by atoms with E-state index in [0.717, 1.165) is 5.01 Å². The normalized spacial score (nSPS) is 17.7. The van der Waals surface area contributed by atoms with Crippen LogP contribution in [-0.4, -0.2) is 23.6 Å². The van der Waals surface area contributed by atoms with E-state index in [1.807, 2.05) is 0 Å². The Kier molecular flexibility index (Phi) is 3.52. The Hall–Kier alpha value is -2.15. The molecular weight excluding hydrogens is 300 g/mol. The van der Waals surface area contributed by atoms with Crippen molar-refractivity contribution in [3.8, 4) is 0 Å². The van der Waals surface area contributed by atoms with Crippen molar-refractivity contribution in [1.82, 2.24) is 10.4 Å². The highest BCUT2D eigenvalue weighted by atomic mass is 19.4. The van der Waals surface area contributed by atoms with E-state index in [1.165, 1.54) is 30.3 Å². The molecular formula is C15H12F4N2O. The minimum absolute atomic E-state index is 0.00845. The Labute approximate surface area is 123 Å². The summed E-state index contributed by atoms with van der Waals surface area (Å²) in [4.78, 5) is 11.2. The highest BCUT2D eigenvalue weighted by molar-refractivity contribution is 5.84.